The Bertz CT molecular complexity index is 205. The lowest BCUT2D eigenvalue weighted by Crippen LogP contribution is -2.44. The van der Waals surface area contributed by atoms with Gasteiger partial charge in [0.15, 0.2) is 0 Å². The summed E-state index contributed by atoms with van der Waals surface area (Å²) in [4.78, 5) is 23.9. The second kappa shape index (κ2) is 10.5. The molecule has 0 saturated carbocycles. The minimum Gasteiger partial charge on any atom is -0.357 e. The lowest BCUT2D eigenvalue weighted by Gasteiger charge is -2.22. The third-order valence-corrected chi connectivity index (χ3v) is 2.20. The van der Waals surface area contributed by atoms with E-state index < -0.39 is 0 Å². The van der Waals surface area contributed by atoms with Crippen LogP contribution in [0.1, 0.15) is 47.5 Å². The summed E-state index contributed by atoms with van der Waals surface area (Å²) in [5.74, 6) is -0.00338. The number of carbonyl (C=O) groups excluding carboxylic acids is 2. The largest absolute Gasteiger partial charge is 0.357 e. The first-order valence-corrected chi connectivity index (χ1v) is 6.18. The number of amides is 2. The molecular formula is C12H26N2O2. The van der Waals surface area contributed by atoms with Crippen molar-refractivity contribution in [3.8, 4) is 0 Å². The van der Waals surface area contributed by atoms with Gasteiger partial charge in [0.1, 0.15) is 6.04 Å². The third kappa shape index (κ3) is 5.14. The van der Waals surface area contributed by atoms with Crippen LogP contribution in [0.15, 0.2) is 0 Å². The van der Waals surface area contributed by atoms with E-state index in [1.807, 2.05) is 27.7 Å². The van der Waals surface area contributed by atoms with Gasteiger partial charge in [-0.15, -0.1) is 0 Å². The molecule has 1 unspecified atom stereocenters. The molecular weight excluding hydrogens is 204 g/mol. The summed E-state index contributed by atoms with van der Waals surface area (Å²) >= 11 is 0. The van der Waals surface area contributed by atoms with E-state index in [-0.39, 0.29) is 17.9 Å². The van der Waals surface area contributed by atoms with Crippen LogP contribution in [0.5, 0.6) is 0 Å². The highest BCUT2D eigenvalue weighted by Crippen LogP contribution is 2.12. The third-order valence-electron chi connectivity index (χ3n) is 2.20. The van der Waals surface area contributed by atoms with Crippen LogP contribution < -0.4 is 5.32 Å². The van der Waals surface area contributed by atoms with Gasteiger partial charge in [0.05, 0.1) is 0 Å². The second-order valence-corrected chi connectivity index (χ2v) is 2.98. The molecule has 1 aliphatic rings. The minimum atomic E-state index is -0.315. The molecule has 1 heterocycles. The van der Waals surface area contributed by atoms with E-state index in [2.05, 4.69) is 5.32 Å². The van der Waals surface area contributed by atoms with Crippen molar-refractivity contribution in [2.75, 3.05) is 13.6 Å². The molecule has 4 heteroatoms. The highest BCUT2D eigenvalue weighted by Gasteiger charge is 2.28. The molecule has 1 N–H and O–H groups in total. The zero-order valence-electron chi connectivity index (χ0n) is 11.5. The number of likely N-dealkylation sites (N-methyl/N-ethyl adjacent to an activating group) is 1. The standard InChI is InChI=1S/C8H14N2O2.2C2H6/c1-6(8(12)9-2)10-5-3-4-7(10)11;2*1-2/h6H,3-5H2,1-2H3,(H,9,12);2*1-2H3. The summed E-state index contributed by atoms with van der Waals surface area (Å²) < 4.78 is 0. The van der Waals surface area contributed by atoms with Crippen molar-refractivity contribution in [1.82, 2.24) is 10.2 Å². The average molecular weight is 230 g/mol. The molecule has 1 atom stereocenters. The van der Waals surface area contributed by atoms with Crippen molar-refractivity contribution >= 4 is 11.8 Å². The van der Waals surface area contributed by atoms with E-state index in [0.717, 1.165) is 6.42 Å². The molecule has 2 amide bonds. The van der Waals surface area contributed by atoms with Gasteiger partial charge in [-0.2, -0.15) is 0 Å². The lowest BCUT2D eigenvalue weighted by atomic mass is 10.3. The number of hydrogen-bond acceptors (Lipinski definition) is 2. The van der Waals surface area contributed by atoms with E-state index in [1.54, 1.807) is 18.9 Å². The van der Waals surface area contributed by atoms with Crippen molar-refractivity contribution in [3.05, 3.63) is 0 Å². The molecule has 0 bridgehead atoms. The summed E-state index contributed by atoms with van der Waals surface area (Å²) in [6, 6.07) is -0.315. The summed E-state index contributed by atoms with van der Waals surface area (Å²) in [6.07, 6.45) is 1.46. The fourth-order valence-electron chi connectivity index (χ4n) is 1.43. The zero-order valence-corrected chi connectivity index (χ0v) is 11.5. The number of hydrogen-bond donors (Lipinski definition) is 1. The van der Waals surface area contributed by atoms with E-state index in [9.17, 15) is 9.59 Å². The molecule has 1 rings (SSSR count). The van der Waals surface area contributed by atoms with Crippen molar-refractivity contribution < 1.29 is 9.59 Å². The fraction of sp³-hybridized carbons (Fsp3) is 0.833. The van der Waals surface area contributed by atoms with Crippen LogP contribution in [-0.2, 0) is 9.59 Å². The molecule has 0 aromatic heterocycles. The Kier molecular flexibility index (Phi) is 11.3. The van der Waals surface area contributed by atoms with E-state index in [1.165, 1.54) is 0 Å². The molecule has 1 fully saturated rings. The predicted octanol–water partition coefficient (Wildman–Crippen LogP) is 1.80. The van der Waals surface area contributed by atoms with Gasteiger partial charge in [-0.3, -0.25) is 9.59 Å². The molecule has 1 saturated heterocycles. The highest BCUT2D eigenvalue weighted by molar-refractivity contribution is 5.88. The number of likely N-dealkylation sites (tertiary alicyclic amines) is 1. The minimum absolute atomic E-state index is 0.0890. The molecule has 96 valence electrons. The molecule has 0 radical (unpaired) electrons. The quantitative estimate of drug-likeness (QED) is 0.786. The van der Waals surface area contributed by atoms with Crippen LogP contribution in [0.2, 0.25) is 0 Å². The fourth-order valence-corrected chi connectivity index (χ4v) is 1.43. The van der Waals surface area contributed by atoms with Crippen LogP contribution in [0.3, 0.4) is 0 Å². The maximum Gasteiger partial charge on any atom is 0.242 e. The van der Waals surface area contributed by atoms with Crippen LogP contribution in [0.4, 0.5) is 0 Å². The zero-order chi connectivity index (χ0) is 13.1. The monoisotopic (exact) mass is 230 g/mol. The van der Waals surface area contributed by atoms with Gasteiger partial charge < -0.3 is 10.2 Å². The normalized spacial score (nSPS) is 15.4. The van der Waals surface area contributed by atoms with Crippen LogP contribution in [0.25, 0.3) is 0 Å². The Balaban J connectivity index is 0. The number of nitrogens with one attached hydrogen (secondary N) is 1. The first kappa shape index (κ1) is 17.3. The van der Waals surface area contributed by atoms with Gasteiger partial charge in [-0.05, 0) is 13.3 Å². The van der Waals surface area contributed by atoms with E-state index in [4.69, 9.17) is 0 Å². The van der Waals surface area contributed by atoms with E-state index >= 15 is 0 Å². The van der Waals surface area contributed by atoms with Crippen molar-refractivity contribution in [1.29, 1.82) is 0 Å². The summed E-state index contributed by atoms with van der Waals surface area (Å²) in [6.45, 7) is 10.5. The number of rotatable bonds is 2. The van der Waals surface area contributed by atoms with Gasteiger partial charge in [0.25, 0.3) is 0 Å². The van der Waals surface area contributed by atoms with Gasteiger partial charge in [-0.1, -0.05) is 27.7 Å². The van der Waals surface area contributed by atoms with Crippen LogP contribution >= 0.6 is 0 Å². The Morgan fingerprint density at radius 3 is 2.12 bits per heavy atom. The molecule has 1 aliphatic heterocycles. The SMILES string of the molecule is CC.CC.CNC(=O)C(C)N1CCCC1=O. The Morgan fingerprint density at radius 2 is 1.81 bits per heavy atom. The summed E-state index contributed by atoms with van der Waals surface area (Å²) in [7, 11) is 1.58. The van der Waals surface area contributed by atoms with Gasteiger partial charge in [-0.25, -0.2) is 0 Å². The maximum absolute atomic E-state index is 11.2. The smallest absolute Gasteiger partial charge is 0.242 e. The van der Waals surface area contributed by atoms with Crippen molar-refractivity contribution in [3.63, 3.8) is 0 Å². The number of carbonyl (C=O) groups is 2. The predicted molar refractivity (Wildman–Crippen MR) is 67.2 cm³/mol. The topological polar surface area (TPSA) is 49.4 Å². The first-order chi connectivity index (χ1) is 7.66. The molecule has 4 nitrogen and oxygen atoms in total. The maximum atomic E-state index is 11.2. The first-order valence-electron chi connectivity index (χ1n) is 6.18. The second-order valence-electron chi connectivity index (χ2n) is 2.98. The Labute approximate surface area is 99.4 Å². The molecule has 0 aromatic rings. The van der Waals surface area contributed by atoms with E-state index in [0.29, 0.717) is 13.0 Å². The average Bonchev–Trinajstić information content (AvgIpc) is 2.78. The van der Waals surface area contributed by atoms with Gasteiger partial charge in [0, 0.05) is 20.0 Å². The summed E-state index contributed by atoms with van der Waals surface area (Å²) in [5, 5.41) is 2.53. The highest BCUT2D eigenvalue weighted by atomic mass is 16.2. The Hall–Kier alpha value is -1.06. The summed E-state index contributed by atoms with van der Waals surface area (Å²) in [5.41, 5.74) is 0. The molecule has 0 spiro atoms. The van der Waals surface area contributed by atoms with Gasteiger partial charge in [0.2, 0.25) is 11.8 Å². The van der Waals surface area contributed by atoms with Crippen molar-refractivity contribution in [2.45, 2.75) is 53.5 Å². The molecule has 0 aliphatic carbocycles. The molecule has 0 aromatic carbocycles. The number of nitrogens with zero attached hydrogens (tertiary/aromatic N) is 1. The van der Waals surface area contributed by atoms with Gasteiger partial charge >= 0.3 is 0 Å². The van der Waals surface area contributed by atoms with Crippen molar-refractivity contribution in [2.24, 2.45) is 0 Å². The van der Waals surface area contributed by atoms with Crippen LogP contribution in [0, 0.1) is 0 Å². The Morgan fingerprint density at radius 1 is 1.31 bits per heavy atom. The lowest BCUT2D eigenvalue weighted by molar-refractivity contribution is -0.136. The molecule has 16 heavy (non-hydrogen) atoms. The van der Waals surface area contributed by atoms with Crippen LogP contribution in [-0.4, -0.2) is 36.3 Å².